The van der Waals surface area contributed by atoms with Crippen molar-refractivity contribution in [2.24, 2.45) is 0 Å². The molecule has 11 heteroatoms. The monoisotopic (exact) mass is 570 g/mol. The van der Waals surface area contributed by atoms with Crippen LogP contribution in [0, 0.1) is 0 Å². The zero-order valence-corrected chi connectivity index (χ0v) is 22.7. The fourth-order valence-electron chi connectivity index (χ4n) is 4.62. The van der Waals surface area contributed by atoms with Crippen LogP contribution in [0.3, 0.4) is 0 Å². The van der Waals surface area contributed by atoms with E-state index in [0.29, 0.717) is 28.7 Å². The first-order valence-corrected chi connectivity index (χ1v) is 14.1. The van der Waals surface area contributed by atoms with Gasteiger partial charge in [0, 0.05) is 36.2 Å². The average molecular weight is 571 g/mol. The molecule has 0 spiro atoms. The SMILES string of the molecule is CN1CCc2c(n(-c3ccc(CCNC(=O)NS(=O)(=O)c4ccc(Cl)cc4)cc3)c3c(Cl)cccc23)C1=O. The summed E-state index contributed by atoms with van der Waals surface area (Å²) in [6, 6.07) is 18.0. The molecule has 0 aliphatic carbocycles. The number of halogens is 2. The summed E-state index contributed by atoms with van der Waals surface area (Å²) in [5.41, 5.74) is 4.15. The third-order valence-corrected chi connectivity index (χ3v) is 8.44. The Morgan fingerprint density at radius 2 is 1.71 bits per heavy atom. The van der Waals surface area contributed by atoms with Gasteiger partial charge in [-0.25, -0.2) is 17.9 Å². The van der Waals surface area contributed by atoms with Crippen molar-refractivity contribution in [2.45, 2.75) is 17.7 Å². The van der Waals surface area contributed by atoms with E-state index in [4.69, 9.17) is 23.2 Å². The fourth-order valence-corrected chi connectivity index (χ4v) is 5.93. The zero-order valence-electron chi connectivity index (χ0n) is 20.4. The number of hydrogen-bond acceptors (Lipinski definition) is 4. The molecule has 0 atom stereocenters. The summed E-state index contributed by atoms with van der Waals surface area (Å²) < 4.78 is 28.6. The normalized spacial score (nSPS) is 13.4. The van der Waals surface area contributed by atoms with E-state index in [1.54, 1.807) is 11.9 Å². The number of carbonyl (C=O) groups excluding carboxylic acids is 2. The Labute approximate surface area is 230 Å². The Morgan fingerprint density at radius 3 is 2.42 bits per heavy atom. The second-order valence-electron chi connectivity index (χ2n) is 9.01. The quantitative estimate of drug-likeness (QED) is 0.348. The van der Waals surface area contributed by atoms with E-state index in [0.717, 1.165) is 34.1 Å². The summed E-state index contributed by atoms with van der Waals surface area (Å²) >= 11 is 12.4. The predicted octanol–water partition coefficient (Wildman–Crippen LogP) is 4.80. The molecule has 1 aromatic heterocycles. The zero-order chi connectivity index (χ0) is 27.0. The van der Waals surface area contributed by atoms with Crippen LogP contribution >= 0.6 is 23.2 Å². The van der Waals surface area contributed by atoms with E-state index >= 15 is 0 Å². The van der Waals surface area contributed by atoms with Gasteiger partial charge in [0.25, 0.3) is 15.9 Å². The molecule has 0 fully saturated rings. The van der Waals surface area contributed by atoms with Gasteiger partial charge >= 0.3 is 6.03 Å². The van der Waals surface area contributed by atoms with Gasteiger partial charge < -0.3 is 14.8 Å². The molecule has 0 unspecified atom stereocenters. The third kappa shape index (κ3) is 4.97. The van der Waals surface area contributed by atoms with E-state index in [1.165, 1.54) is 24.3 Å². The fraction of sp³-hybridized carbons (Fsp3) is 0.185. The molecule has 0 saturated carbocycles. The molecule has 4 aromatic rings. The first-order valence-electron chi connectivity index (χ1n) is 11.9. The Bertz CT molecular complexity index is 1650. The minimum absolute atomic E-state index is 0.0497. The Morgan fingerprint density at radius 1 is 1.00 bits per heavy atom. The highest BCUT2D eigenvalue weighted by Crippen LogP contribution is 2.36. The molecule has 38 heavy (non-hydrogen) atoms. The molecule has 5 rings (SSSR count). The van der Waals surface area contributed by atoms with Gasteiger partial charge in [-0.1, -0.05) is 47.5 Å². The number of aromatic nitrogens is 1. The molecule has 3 amide bonds. The number of nitrogens with one attached hydrogen (secondary N) is 2. The van der Waals surface area contributed by atoms with Gasteiger partial charge in [0.1, 0.15) is 5.69 Å². The van der Waals surface area contributed by atoms with Crippen LogP contribution in [0.15, 0.2) is 71.6 Å². The van der Waals surface area contributed by atoms with Gasteiger partial charge in [-0.2, -0.15) is 0 Å². The number of likely N-dealkylation sites (N-methyl/N-ethyl adjacent to an activating group) is 1. The molecule has 8 nitrogen and oxygen atoms in total. The van der Waals surface area contributed by atoms with Crippen molar-refractivity contribution >= 4 is 56.1 Å². The smallest absolute Gasteiger partial charge is 0.328 e. The number of para-hydroxylation sites is 1. The first-order chi connectivity index (χ1) is 18.2. The summed E-state index contributed by atoms with van der Waals surface area (Å²) in [7, 11) is -2.21. The lowest BCUT2D eigenvalue weighted by atomic mass is 10.0. The lowest BCUT2D eigenvalue weighted by molar-refractivity contribution is 0.0773. The van der Waals surface area contributed by atoms with Crippen molar-refractivity contribution in [3.63, 3.8) is 0 Å². The van der Waals surface area contributed by atoms with Gasteiger partial charge in [-0.05, 0) is 66.4 Å². The van der Waals surface area contributed by atoms with Crippen LogP contribution < -0.4 is 10.0 Å². The van der Waals surface area contributed by atoms with Crippen molar-refractivity contribution in [3.8, 4) is 5.69 Å². The van der Waals surface area contributed by atoms with Crippen LogP contribution in [0.4, 0.5) is 4.79 Å². The number of sulfonamides is 1. The Hall–Kier alpha value is -3.53. The van der Waals surface area contributed by atoms with Crippen molar-refractivity contribution < 1.29 is 18.0 Å². The molecule has 196 valence electrons. The maximum absolute atomic E-state index is 13.1. The molecule has 1 aliphatic rings. The van der Waals surface area contributed by atoms with Crippen LogP contribution in [0.25, 0.3) is 16.6 Å². The molecule has 2 N–H and O–H groups in total. The van der Waals surface area contributed by atoms with E-state index in [9.17, 15) is 18.0 Å². The Balaban J connectivity index is 1.30. The highest BCUT2D eigenvalue weighted by atomic mass is 35.5. The van der Waals surface area contributed by atoms with Crippen LogP contribution in [-0.2, 0) is 22.9 Å². The molecular weight excluding hydrogens is 547 g/mol. The second-order valence-corrected chi connectivity index (χ2v) is 11.5. The topological polar surface area (TPSA) is 101 Å². The number of urea groups is 1. The van der Waals surface area contributed by atoms with E-state index in [2.05, 4.69) is 5.32 Å². The average Bonchev–Trinajstić information content (AvgIpc) is 3.23. The summed E-state index contributed by atoms with van der Waals surface area (Å²) in [4.78, 5) is 27.0. The van der Waals surface area contributed by atoms with E-state index in [1.807, 2.05) is 51.8 Å². The summed E-state index contributed by atoms with van der Waals surface area (Å²) in [6.07, 6.45) is 1.22. The Kier molecular flexibility index (Phi) is 7.09. The third-order valence-electron chi connectivity index (χ3n) is 6.54. The van der Waals surface area contributed by atoms with Crippen molar-refractivity contribution in [1.29, 1.82) is 0 Å². The number of rotatable bonds is 6. The minimum atomic E-state index is -4.00. The van der Waals surface area contributed by atoms with Crippen LogP contribution in [0.5, 0.6) is 0 Å². The molecule has 0 radical (unpaired) electrons. The van der Waals surface area contributed by atoms with Gasteiger partial charge in [-0.15, -0.1) is 0 Å². The number of amides is 3. The lowest BCUT2D eigenvalue weighted by Crippen LogP contribution is -2.40. The summed E-state index contributed by atoms with van der Waals surface area (Å²) in [6.45, 7) is 0.871. The minimum Gasteiger partial charge on any atom is -0.340 e. The van der Waals surface area contributed by atoms with Gasteiger partial charge in [-0.3, -0.25) is 4.79 Å². The highest BCUT2D eigenvalue weighted by Gasteiger charge is 2.30. The molecule has 0 bridgehead atoms. The number of carbonyl (C=O) groups is 2. The lowest BCUT2D eigenvalue weighted by Gasteiger charge is -2.24. The second kappa shape index (κ2) is 10.3. The summed E-state index contributed by atoms with van der Waals surface area (Å²) in [5.74, 6) is -0.0497. The maximum atomic E-state index is 13.1. The molecular formula is C27H24Cl2N4O4S. The molecule has 1 aliphatic heterocycles. The van der Waals surface area contributed by atoms with Gasteiger partial charge in [0.15, 0.2) is 0 Å². The molecule has 2 heterocycles. The number of nitrogens with zero attached hydrogens (tertiary/aromatic N) is 2. The highest BCUT2D eigenvalue weighted by molar-refractivity contribution is 7.90. The number of benzene rings is 3. The largest absolute Gasteiger partial charge is 0.340 e. The maximum Gasteiger partial charge on any atom is 0.328 e. The van der Waals surface area contributed by atoms with Crippen LogP contribution in [0.2, 0.25) is 10.0 Å². The standard InChI is InChI=1S/C27H24Cl2N4O4S/c1-32-16-14-22-21-3-2-4-23(29)24(21)33(25(22)26(32)34)19-9-5-17(6-10-19)13-15-30-27(35)31-38(36,37)20-11-7-18(28)8-12-20/h2-12H,13-16H2,1H3,(H2,30,31,35). The van der Waals surface area contributed by atoms with Crippen molar-refractivity contribution in [3.05, 3.63) is 93.6 Å². The van der Waals surface area contributed by atoms with E-state index in [-0.39, 0.29) is 17.3 Å². The predicted molar refractivity (Wildman–Crippen MR) is 148 cm³/mol. The van der Waals surface area contributed by atoms with Crippen LogP contribution in [-0.4, -0.2) is 50.0 Å². The first kappa shape index (κ1) is 26.1. The number of hydrogen-bond donors (Lipinski definition) is 2. The van der Waals surface area contributed by atoms with E-state index < -0.39 is 16.1 Å². The van der Waals surface area contributed by atoms with Crippen LogP contribution in [0.1, 0.15) is 21.6 Å². The van der Waals surface area contributed by atoms with Crippen molar-refractivity contribution in [2.75, 3.05) is 20.1 Å². The van der Waals surface area contributed by atoms with Gasteiger partial charge in [0.05, 0.1) is 15.4 Å². The molecule has 3 aromatic carbocycles. The summed E-state index contributed by atoms with van der Waals surface area (Å²) in [5, 5.41) is 4.50. The molecule has 0 saturated heterocycles. The number of fused-ring (bicyclic) bond motifs is 3. The van der Waals surface area contributed by atoms with Crippen molar-refractivity contribution in [1.82, 2.24) is 19.5 Å². The van der Waals surface area contributed by atoms with Gasteiger partial charge in [0.2, 0.25) is 0 Å².